The third kappa shape index (κ3) is 6.37. The Labute approximate surface area is 424 Å². The third-order valence-electron chi connectivity index (χ3n) is 14.6. The molecule has 70 heavy (non-hydrogen) atoms. The second-order valence-corrected chi connectivity index (χ2v) is 19.4. The molecule has 11 aromatic rings. The minimum absolute atomic E-state index is 0. The molecule has 340 valence electrons. The van der Waals surface area contributed by atoms with Crippen molar-refractivity contribution in [3.63, 3.8) is 0 Å². The summed E-state index contributed by atoms with van der Waals surface area (Å²) < 4.78 is 4.65. The molecule has 13 rings (SSSR count). The van der Waals surface area contributed by atoms with Crippen LogP contribution >= 0.6 is 0 Å². The number of pyridine rings is 1. The Morgan fingerprint density at radius 2 is 1.04 bits per heavy atom. The minimum Gasteiger partial charge on any atom is -0.366 e. The summed E-state index contributed by atoms with van der Waals surface area (Å²) in [6.45, 7) is 17.6. The van der Waals surface area contributed by atoms with Gasteiger partial charge in [-0.25, -0.2) is 4.98 Å². The molecule has 0 saturated carbocycles. The van der Waals surface area contributed by atoms with Crippen LogP contribution in [-0.2, 0) is 21.1 Å². The number of benzene rings is 8. The number of imidazole rings is 1. The van der Waals surface area contributed by atoms with Crippen molar-refractivity contribution >= 4 is 90.1 Å². The first-order valence-corrected chi connectivity index (χ1v) is 24.0. The van der Waals surface area contributed by atoms with Gasteiger partial charge >= 0.3 is 21.1 Å². The van der Waals surface area contributed by atoms with Crippen LogP contribution in [0.3, 0.4) is 0 Å². The topological polar surface area (TPSA) is 42.1 Å². The van der Waals surface area contributed by atoms with E-state index in [0.29, 0.717) is 0 Å². The third-order valence-corrected chi connectivity index (χ3v) is 14.6. The molecule has 0 saturated heterocycles. The number of para-hydroxylation sites is 4. The van der Waals surface area contributed by atoms with E-state index in [-0.39, 0.29) is 27.8 Å². The molecule has 2 aliphatic heterocycles. The molecule has 0 aliphatic carbocycles. The van der Waals surface area contributed by atoms with E-state index in [1.54, 1.807) is 0 Å². The van der Waals surface area contributed by atoms with Crippen molar-refractivity contribution in [1.29, 1.82) is 0 Å². The normalized spacial score (nSPS) is 12.7. The maximum Gasteiger partial charge on any atom is 2.00 e. The smallest absolute Gasteiger partial charge is 0.366 e. The minimum atomic E-state index is -0.247. The molecule has 0 radical (unpaired) electrons. The van der Waals surface area contributed by atoms with E-state index in [1.807, 2.05) is 12.3 Å². The van der Waals surface area contributed by atoms with E-state index >= 15 is 0 Å². The zero-order valence-electron chi connectivity index (χ0n) is 40.5. The Hall–Kier alpha value is -7.47. The Morgan fingerprint density at radius 3 is 1.70 bits per heavy atom. The van der Waals surface area contributed by atoms with E-state index in [0.717, 1.165) is 89.4 Å². The monoisotopic (exact) mass is 1080 g/mol. The van der Waals surface area contributed by atoms with Gasteiger partial charge in [-0.1, -0.05) is 107 Å². The summed E-state index contributed by atoms with van der Waals surface area (Å²) in [5.74, 6) is 1.72. The number of rotatable bonds is 5. The van der Waals surface area contributed by atoms with E-state index in [9.17, 15) is 0 Å². The van der Waals surface area contributed by atoms with Crippen LogP contribution < -0.4 is 26.2 Å². The number of aromatic nitrogens is 4. The summed E-state index contributed by atoms with van der Waals surface area (Å²) in [4.78, 5) is 15.5. The average molecular weight is 1080 g/mol. The fourth-order valence-corrected chi connectivity index (χ4v) is 12.2. The summed E-state index contributed by atoms with van der Waals surface area (Å²) in [6, 6.07) is 61.5. The van der Waals surface area contributed by atoms with Gasteiger partial charge in [0, 0.05) is 40.2 Å². The Kier molecular flexibility index (Phi) is 10.2. The second-order valence-electron chi connectivity index (χ2n) is 19.4. The molecular formula is C62H49BN6Pt. The largest absolute Gasteiger partial charge is 2.00 e. The van der Waals surface area contributed by atoms with Crippen LogP contribution in [0.2, 0.25) is 0 Å². The Bertz CT molecular complexity index is 3910. The quantitative estimate of drug-likeness (QED) is 0.127. The van der Waals surface area contributed by atoms with E-state index < -0.39 is 0 Å². The van der Waals surface area contributed by atoms with Gasteiger partial charge in [0.2, 0.25) is 6.71 Å². The summed E-state index contributed by atoms with van der Waals surface area (Å²) in [6.07, 6.45) is 1.88. The standard InChI is InChI=1S/C62H49BN6.Pt/c1-36-29-40(5)60(41(6)30-36)67-51-27-26-44(62-65-49-20-10-12-22-52(49)69(62)59-38(3)17-15-18-39(59)4)33-47(51)63-48-35-55-46(45-19-9-11-21-50(45)66(55)57-25-13-14-28-64-57)34-56(48)68(54-24-16-23-53(67)58(54)63)61-42(7)31-37(2)32-43(61)8;/h9-32,34H,1-8H3;/q-2;+2. The van der Waals surface area contributed by atoms with Crippen molar-refractivity contribution in [2.75, 3.05) is 9.80 Å². The molecular weight excluding hydrogens is 1030 g/mol. The van der Waals surface area contributed by atoms with Crippen molar-refractivity contribution < 1.29 is 21.1 Å². The Morgan fingerprint density at radius 1 is 0.457 bits per heavy atom. The molecule has 8 heteroatoms. The van der Waals surface area contributed by atoms with Gasteiger partial charge in [0.15, 0.2) is 0 Å². The Balaban J connectivity index is 0.00000505. The second kappa shape index (κ2) is 16.3. The van der Waals surface area contributed by atoms with Gasteiger partial charge in [-0.05, 0) is 148 Å². The predicted octanol–water partition coefficient (Wildman–Crippen LogP) is 13.3. The predicted molar refractivity (Wildman–Crippen MR) is 288 cm³/mol. The van der Waals surface area contributed by atoms with Crippen molar-refractivity contribution in [1.82, 2.24) is 19.1 Å². The summed E-state index contributed by atoms with van der Waals surface area (Å²) in [7, 11) is 0. The van der Waals surface area contributed by atoms with Crippen molar-refractivity contribution in [3.05, 3.63) is 208 Å². The summed E-state index contributed by atoms with van der Waals surface area (Å²) in [5, 5.41) is 2.29. The maximum absolute atomic E-state index is 5.46. The van der Waals surface area contributed by atoms with Crippen LogP contribution in [0.5, 0.6) is 0 Å². The average Bonchev–Trinajstić information content (AvgIpc) is 3.87. The van der Waals surface area contributed by atoms with Gasteiger partial charge in [-0.15, -0.1) is 40.7 Å². The van der Waals surface area contributed by atoms with Gasteiger partial charge in [-0.3, -0.25) is 4.98 Å². The maximum atomic E-state index is 5.46. The van der Waals surface area contributed by atoms with Gasteiger partial charge in [0.25, 0.3) is 0 Å². The van der Waals surface area contributed by atoms with Gasteiger partial charge in [0.05, 0.1) is 16.9 Å². The van der Waals surface area contributed by atoms with Crippen molar-refractivity contribution in [3.8, 4) is 22.9 Å². The first kappa shape index (κ1) is 43.8. The molecule has 5 heterocycles. The van der Waals surface area contributed by atoms with Crippen LogP contribution in [0.1, 0.15) is 44.5 Å². The molecule has 0 N–H and O–H groups in total. The fraction of sp³-hybridized carbons (Fsp3) is 0.129. The number of anilines is 6. The van der Waals surface area contributed by atoms with E-state index in [4.69, 9.17) is 9.97 Å². The van der Waals surface area contributed by atoms with Crippen molar-refractivity contribution in [2.45, 2.75) is 55.4 Å². The molecule has 2 aliphatic rings. The van der Waals surface area contributed by atoms with E-state index in [1.165, 1.54) is 61.3 Å². The first-order chi connectivity index (χ1) is 33.5. The zero-order chi connectivity index (χ0) is 47.0. The van der Waals surface area contributed by atoms with E-state index in [2.05, 4.69) is 226 Å². The number of nitrogens with zero attached hydrogens (tertiary/aromatic N) is 6. The summed E-state index contributed by atoms with van der Waals surface area (Å²) >= 11 is 0. The van der Waals surface area contributed by atoms with Crippen LogP contribution in [-0.4, -0.2) is 25.8 Å². The van der Waals surface area contributed by atoms with Crippen LogP contribution in [0.15, 0.2) is 152 Å². The number of hydrogen-bond donors (Lipinski definition) is 0. The van der Waals surface area contributed by atoms with Gasteiger partial charge in [0.1, 0.15) is 5.82 Å². The van der Waals surface area contributed by atoms with Gasteiger partial charge in [-0.2, -0.15) is 11.5 Å². The molecule has 3 aromatic heterocycles. The zero-order valence-corrected chi connectivity index (χ0v) is 42.8. The first-order valence-electron chi connectivity index (χ1n) is 24.0. The molecule has 0 bridgehead atoms. The van der Waals surface area contributed by atoms with Gasteiger partial charge < -0.3 is 18.9 Å². The molecule has 0 unspecified atom stereocenters. The van der Waals surface area contributed by atoms with Crippen molar-refractivity contribution in [2.24, 2.45) is 0 Å². The number of fused-ring (bicyclic) bond motifs is 8. The molecule has 0 spiro atoms. The molecule has 8 aromatic carbocycles. The van der Waals surface area contributed by atoms with Crippen LogP contribution in [0.4, 0.5) is 34.1 Å². The molecule has 0 fully saturated rings. The number of aryl methyl sites for hydroxylation is 8. The van der Waals surface area contributed by atoms with Crippen LogP contribution in [0, 0.1) is 67.5 Å². The molecule has 0 atom stereocenters. The SMILES string of the molecule is Cc1cc(C)c(N2c3ccc(-c4nc5ccccc5n4-c4c(C)cccc4C)[c-]c3B3c4[c-]c5c(cc4N(c4c(C)cc(C)cc4C)c4cccc2c43)c2ccccc2n5-c2ccccn2)c(C)c1.[Pt+2]. The summed E-state index contributed by atoms with van der Waals surface area (Å²) in [5.41, 5.74) is 26.3. The molecule has 6 nitrogen and oxygen atoms in total. The number of hydrogen-bond acceptors (Lipinski definition) is 4. The van der Waals surface area contributed by atoms with Crippen LogP contribution in [0.25, 0.3) is 55.7 Å². The molecule has 0 amide bonds. The fourth-order valence-electron chi connectivity index (χ4n) is 12.2.